The molecule has 1 aromatic rings. The van der Waals surface area contributed by atoms with Crippen LogP contribution < -0.4 is 0 Å². The zero-order chi connectivity index (χ0) is 11.5. The third-order valence-electron chi connectivity index (χ3n) is 2.74. The highest BCUT2D eigenvalue weighted by Gasteiger charge is 2.19. The van der Waals surface area contributed by atoms with E-state index in [1.165, 1.54) is 0 Å². The van der Waals surface area contributed by atoms with E-state index in [1.54, 1.807) is 0 Å². The summed E-state index contributed by atoms with van der Waals surface area (Å²) in [6.07, 6.45) is 2.11. The molecule has 0 spiro atoms. The predicted octanol–water partition coefficient (Wildman–Crippen LogP) is 2.18. The van der Waals surface area contributed by atoms with Gasteiger partial charge in [-0.15, -0.1) is 0 Å². The molecule has 1 aliphatic heterocycles. The monoisotopic (exact) mass is 217 g/mol. The summed E-state index contributed by atoms with van der Waals surface area (Å²) >= 11 is 0. The Bertz CT molecular complexity index is 449. The first-order valence-corrected chi connectivity index (χ1v) is 5.58. The fourth-order valence-electron chi connectivity index (χ4n) is 1.90. The Morgan fingerprint density at radius 1 is 1.44 bits per heavy atom. The minimum Gasteiger partial charge on any atom is -0.392 e. The molecule has 0 radical (unpaired) electrons. The maximum Gasteiger partial charge on any atom is 0.181 e. The molecule has 1 aliphatic rings. The van der Waals surface area contributed by atoms with Crippen LogP contribution in [0.2, 0.25) is 0 Å². The SMILES string of the molecule is CCCC1=Nc2ccc(CO)cc2CC1=O. The number of aliphatic hydroxyl groups is 1. The smallest absolute Gasteiger partial charge is 0.181 e. The first-order valence-electron chi connectivity index (χ1n) is 5.58. The van der Waals surface area contributed by atoms with Gasteiger partial charge in [-0.05, 0) is 23.6 Å². The second kappa shape index (κ2) is 4.58. The fraction of sp³-hybridized carbons (Fsp3) is 0.385. The number of aliphatic hydroxyl groups excluding tert-OH is 1. The van der Waals surface area contributed by atoms with Crippen molar-refractivity contribution in [1.29, 1.82) is 0 Å². The molecule has 0 fully saturated rings. The van der Waals surface area contributed by atoms with Gasteiger partial charge < -0.3 is 5.11 Å². The lowest BCUT2D eigenvalue weighted by atomic mass is 9.96. The van der Waals surface area contributed by atoms with Crippen molar-refractivity contribution in [2.24, 2.45) is 4.99 Å². The van der Waals surface area contributed by atoms with Gasteiger partial charge in [0.05, 0.1) is 18.0 Å². The van der Waals surface area contributed by atoms with Gasteiger partial charge in [0.2, 0.25) is 0 Å². The molecule has 84 valence electrons. The van der Waals surface area contributed by atoms with E-state index in [-0.39, 0.29) is 12.4 Å². The molecule has 0 unspecified atom stereocenters. The normalized spacial score (nSPS) is 14.6. The van der Waals surface area contributed by atoms with E-state index in [4.69, 9.17) is 5.11 Å². The number of aliphatic imine (C=N–C) groups is 1. The van der Waals surface area contributed by atoms with E-state index in [9.17, 15) is 4.79 Å². The van der Waals surface area contributed by atoms with Crippen LogP contribution in [-0.2, 0) is 17.8 Å². The minimum absolute atomic E-state index is 0.00695. The molecule has 0 bridgehead atoms. The van der Waals surface area contributed by atoms with Gasteiger partial charge >= 0.3 is 0 Å². The Morgan fingerprint density at radius 2 is 2.25 bits per heavy atom. The first-order chi connectivity index (χ1) is 7.74. The maximum atomic E-state index is 11.8. The third-order valence-corrected chi connectivity index (χ3v) is 2.74. The van der Waals surface area contributed by atoms with Gasteiger partial charge in [0, 0.05) is 6.42 Å². The van der Waals surface area contributed by atoms with E-state index in [1.807, 2.05) is 25.1 Å². The van der Waals surface area contributed by atoms with Gasteiger partial charge in [0.1, 0.15) is 0 Å². The molecule has 0 aromatic heterocycles. The lowest BCUT2D eigenvalue weighted by Crippen LogP contribution is -2.19. The Morgan fingerprint density at radius 3 is 2.94 bits per heavy atom. The summed E-state index contributed by atoms with van der Waals surface area (Å²) in [5.74, 6) is 0.115. The van der Waals surface area contributed by atoms with Gasteiger partial charge in [0.15, 0.2) is 5.78 Å². The highest BCUT2D eigenvalue weighted by atomic mass is 16.3. The summed E-state index contributed by atoms with van der Waals surface area (Å²) < 4.78 is 0. The summed E-state index contributed by atoms with van der Waals surface area (Å²) in [6.45, 7) is 2.05. The number of nitrogens with zero attached hydrogens (tertiary/aromatic N) is 1. The molecular weight excluding hydrogens is 202 g/mol. The van der Waals surface area contributed by atoms with Crippen LogP contribution in [0.25, 0.3) is 0 Å². The minimum atomic E-state index is 0.00695. The fourth-order valence-corrected chi connectivity index (χ4v) is 1.90. The lowest BCUT2D eigenvalue weighted by Gasteiger charge is -2.14. The number of hydrogen-bond acceptors (Lipinski definition) is 3. The molecule has 1 N–H and O–H groups in total. The van der Waals surface area contributed by atoms with Crippen molar-refractivity contribution in [1.82, 2.24) is 0 Å². The maximum absolute atomic E-state index is 11.8. The van der Waals surface area contributed by atoms with Gasteiger partial charge in [-0.1, -0.05) is 25.5 Å². The second-order valence-electron chi connectivity index (χ2n) is 4.03. The van der Waals surface area contributed by atoms with Gasteiger partial charge in [-0.25, -0.2) is 4.99 Å². The van der Waals surface area contributed by atoms with Crippen molar-refractivity contribution < 1.29 is 9.90 Å². The molecule has 3 heteroatoms. The summed E-state index contributed by atoms with van der Waals surface area (Å²) in [7, 11) is 0. The quantitative estimate of drug-likeness (QED) is 0.843. The van der Waals surface area contributed by atoms with Crippen LogP contribution in [0.4, 0.5) is 5.69 Å². The van der Waals surface area contributed by atoms with Crippen LogP contribution in [-0.4, -0.2) is 16.6 Å². The highest BCUT2D eigenvalue weighted by molar-refractivity contribution is 6.41. The van der Waals surface area contributed by atoms with Gasteiger partial charge in [0.25, 0.3) is 0 Å². The van der Waals surface area contributed by atoms with Crippen LogP contribution in [0.3, 0.4) is 0 Å². The van der Waals surface area contributed by atoms with E-state index in [0.29, 0.717) is 12.1 Å². The Kier molecular flexibility index (Phi) is 3.15. The number of Topliss-reactive ketones (excluding diaryl/α,β-unsaturated/α-hetero) is 1. The largest absolute Gasteiger partial charge is 0.392 e. The molecule has 0 saturated carbocycles. The van der Waals surface area contributed by atoms with E-state index >= 15 is 0 Å². The van der Waals surface area contributed by atoms with Crippen LogP contribution in [0.1, 0.15) is 30.9 Å². The lowest BCUT2D eigenvalue weighted by molar-refractivity contribution is -0.112. The summed E-state index contributed by atoms with van der Waals surface area (Å²) in [5.41, 5.74) is 3.32. The number of fused-ring (bicyclic) bond motifs is 1. The molecule has 0 aliphatic carbocycles. The number of benzene rings is 1. The molecule has 1 aromatic carbocycles. The van der Waals surface area contributed by atoms with Crippen LogP contribution >= 0.6 is 0 Å². The van der Waals surface area contributed by atoms with Crippen LogP contribution in [0, 0.1) is 0 Å². The molecule has 16 heavy (non-hydrogen) atoms. The Balaban J connectivity index is 2.37. The molecule has 3 nitrogen and oxygen atoms in total. The number of ketones is 1. The molecule has 0 amide bonds. The number of carbonyl (C=O) groups excluding carboxylic acids is 1. The highest BCUT2D eigenvalue weighted by Crippen LogP contribution is 2.26. The Labute approximate surface area is 94.8 Å². The number of hydrogen-bond donors (Lipinski definition) is 1. The van der Waals surface area contributed by atoms with E-state index in [0.717, 1.165) is 29.7 Å². The van der Waals surface area contributed by atoms with Crippen molar-refractivity contribution in [2.75, 3.05) is 0 Å². The standard InChI is InChI=1S/C13H15NO2/c1-2-3-12-13(16)7-10-6-9(8-15)4-5-11(10)14-12/h4-6,15H,2-3,7-8H2,1H3. The van der Waals surface area contributed by atoms with Crippen molar-refractivity contribution in [3.63, 3.8) is 0 Å². The molecule has 0 atom stereocenters. The number of carbonyl (C=O) groups is 1. The molecule has 1 heterocycles. The van der Waals surface area contributed by atoms with Crippen molar-refractivity contribution in [3.8, 4) is 0 Å². The molecule has 2 rings (SSSR count). The summed E-state index contributed by atoms with van der Waals surface area (Å²) in [4.78, 5) is 16.1. The van der Waals surface area contributed by atoms with Crippen molar-refractivity contribution in [3.05, 3.63) is 29.3 Å². The van der Waals surface area contributed by atoms with Crippen molar-refractivity contribution >= 4 is 17.2 Å². The van der Waals surface area contributed by atoms with Crippen LogP contribution in [0.15, 0.2) is 23.2 Å². The van der Waals surface area contributed by atoms with E-state index in [2.05, 4.69) is 4.99 Å². The summed E-state index contributed by atoms with van der Waals surface area (Å²) in [5, 5.41) is 9.02. The van der Waals surface area contributed by atoms with Crippen LogP contribution in [0.5, 0.6) is 0 Å². The van der Waals surface area contributed by atoms with E-state index < -0.39 is 0 Å². The first kappa shape index (κ1) is 11.0. The van der Waals surface area contributed by atoms with Gasteiger partial charge in [-0.3, -0.25) is 4.79 Å². The predicted molar refractivity (Wildman–Crippen MR) is 63.1 cm³/mol. The average molecular weight is 217 g/mol. The second-order valence-corrected chi connectivity index (χ2v) is 4.03. The molecular formula is C13H15NO2. The van der Waals surface area contributed by atoms with Crippen molar-refractivity contribution in [2.45, 2.75) is 32.8 Å². The van der Waals surface area contributed by atoms with Gasteiger partial charge in [-0.2, -0.15) is 0 Å². The average Bonchev–Trinajstić information content (AvgIpc) is 2.30. The number of rotatable bonds is 3. The molecule has 0 saturated heterocycles. The topological polar surface area (TPSA) is 49.7 Å². The zero-order valence-electron chi connectivity index (χ0n) is 9.36. The Hall–Kier alpha value is -1.48. The third kappa shape index (κ3) is 2.04. The zero-order valence-corrected chi connectivity index (χ0v) is 9.36. The summed E-state index contributed by atoms with van der Waals surface area (Å²) in [6, 6.07) is 5.59.